The highest BCUT2D eigenvalue weighted by molar-refractivity contribution is 5.32. The molecule has 1 saturated heterocycles. The zero-order valence-corrected chi connectivity index (χ0v) is 11.2. The lowest BCUT2D eigenvalue weighted by atomic mass is 9.87. The first-order valence-electron chi connectivity index (χ1n) is 6.65. The van der Waals surface area contributed by atoms with Crippen LogP contribution in [0.3, 0.4) is 0 Å². The number of nitrogens with two attached hydrogens (primary N) is 1. The van der Waals surface area contributed by atoms with E-state index in [-0.39, 0.29) is 0 Å². The van der Waals surface area contributed by atoms with E-state index in [4.69, 9.17) is 5.73 Å². The van der Waals surface area contributed by atoms with Gasteiger partial charge in [0.15, 0.2) is 0 Å². The molecule has 0 aliphatic carbocycles. The first kappa shape index (κ1) is 12.6. The van der Waals surface area contributed by atoms with E-state index in [2.05, 4.69) is 43.9 Å². The molecule has 2 N–H and O–H groups in total. The molecule has 2 rings (SSSR count). The molecule has 2 heteroatoms. The Morgan fingerprint density at radius 2 is 2.00 bits per heavy atom. The normalized spacial score (nSPS) is 26.1. The van der Waals surface area contributed by atoms with E-state index in [1.807, 2.05) is 0 Å². The summed E-state index contributed by atoms with van der Waals surface area (Å²) in [7, 11) is 0. The second-order valence-corrected chi connectivity index (χ2v) is 5.39. The molecule has 2 atom stereocenters. The van der Waals surface area contributed by atoms with Crippen LogP contribution in [-0.4, -0.2) is 30.6 Å². The van der Waals surface area contributed by atoms with E-state index in [0.717, 1.165) is 26.1 Å². The fraction of sp³-hybridized carbons (Fsp3) is 0.600. The molecule has 0 bridgehead atoms. The lowest BCUT2D eigenvalue weighted by molar-refractivity contribution is 0.197. The lowest BCUT2D eigenvalue weighted by Gasteiger charge is -2.36. The molecular formula is C15H24N2. The monoisotopic (exact) mass is 232 g/mol. The minimum absolute atomic E-state index is 0.329. The Labute approximate surface area is 105 Å². The minimum Gasteiger partial charge on any atom is -0.327 e. The zero-order chi connectivity index (χ0) is 12.4. The number of likely N-dealkylation sites (tertiary alicyclic amines) is 1. The highest BCUT2D eigenvalue weighted by Gasteiger charge is 2.25. The molecule has 1 fully saturated rings. The highest BCUT2D eigenvalue weighted by Crippen LogP contribution is 2.27. The third-order valence-electron chi connectivity index (χ3n) is 4.01. The fourth-order valence-electron chi connectivity index (χ4n) is 2.75. The lowest BCUT2D eigenvalue weighted by Crippen LogP contribution is -2.45. The third-order valence-corrected chi connectivity index (χ3v) is 4.01. The largest absolute Gasteiger partial charge is 0.327 e. The van der Waals surface area contributed by atoms with Crippen LogP contribution in [0.5, 0.6) is 0 Å². The van der Waals surface area contributed by atoms with Crippen molar-refractivity contribution in [1.29, 1.82) is 0 Å². The number of aryl methyl sites for hydroxylation is 2. The van der Waals surface area contributed by atoms with Gasteiger partial charge in [-0.05, 0) is 49.4 Å². The Balaban J connectivity index is 2.17. The van der Waals surface area contributed by atoms with Crippen molar-refractivity contribution in [1.82, 2.24) is 4.90 Å². The summed E-state index contributed by atoms with van der Waals surface area (Å²) in [5, 5.41) is 0. The quantitative estimate of drug-likeness (QED) is 0.848. The number of rotatable bonds is 2. The van der Waals surface area contributed by atoms with Gasteiger partial charge in [-0.2, -0.15) is 0 Å². The summed E-state index contributed by atoms with van der Waals surface area (Å²) >= 11 is 0. The maximum atomic E-state index is 6.15. The Bertz CT molecular complexity index is 387. The van der Waals surface area contributed by atoms with Gasteiger partial charge < -0.3 is 10.6 Å². The maximum Gasteiger partial charge on any atom is 0.0174 e. The van der Waals surface area contributed by atoms with Gasteiger partial charge in [-0.15, -0.1) is 0 Å². The van der Waals surface area contributed by atoms with E-state index in [9.17, 15) is 0 Å². The molecule has 94 valence electrons. The van der Waals surface area contributed by atoms with Gasteiger partial charge in [-0.1, -0.05) is 25.1 Å². The molecule has 17 heavy (non-hydrogen) atoms. The molecule has 1 aliphatic rings. The molecule has 0 amide bonds. The van der Waals surface area contributed by atoms with E-state index in [1.54, 1.807) is 0 Å². The Kier molecular flexibility index (Phi) is 3.85. The summed E-state index contributed by atoms with van der Waals surface area (Å²) in [6, 6.07) is 7.18. The summed E-state index contributed by atoms with van der Waals surface area (Å²) in [6.07, 6.45) is 1.12. The molecule has 2 unspecified atom stereocenters. The predicted molar refractivity (Wildman–Crippen MR) is 73.4 cm³/mol. The zero-order valence-electron chi connectivity index (χ0n) is 11.2. The van der Waals surface area contributed by atoms with Crippen molar-refractivity contribution in [2.24, 2.45) is 5.73 Å². The Morgan fingerprint density at radius 3 is 2.65 bits per heavy atom. The van der Waals surface area contributed by atoms with Crippen LogP contribution in [0.1, 0.15) is 36.0 Å². The van der Waals surface area contributed by atoms with Crippen LogP contribution in [0.2, 0.25) is 0 Å². The van der Waals surface area contributed by atoms with Crippen LogP contribution in [0, 0.1) is 13.8 Å². The van der Waals surface area contributed by atoms with E-state index in [1.165, 1.54) is 16.7 Å². The van der Waals surface area contributed by atoms with Crippen molar-refractivity contribution < 1.29 is 0 Å². The molecule has 0 spiro atoms. The van der Waals surface area contributed by atoms with E-state index in [0.29, 0.717) is 12.0 Å². The first-order chi connectivity index (χ1) is 8.10. The molecule has 1 heterocycles. The topological polar surface area (TPSA) is 29.3 Å². The first-order valence-corrected chi connectivity index (χ1v) is 6.65. The smallest absolute Gasteiger partial charge is 0.0174 e. The average Bonchev–Trinajstić information content (AvgIpc) is 2.32. The Hall–Kier alpha value is -0.860. The number of likely N-dealkylation sites (N-methyl/N-ethyl adjacent to an activating group) is 1. The number of benzene rings is 1. The summed E-state index contributed by atoms with van der Waals surface area (Å²) in [5.74, 6) is 0.609. The van der Waals surface area contributed by atoms with Gasteiger partial charge in [-0.3, -0.25) is 0 Å². The second-order valence-electron chi connectivity index (χ2n) is 5.39. The summed E-state index contributed by atoms with van der Waals surface area (Å²) in [4.78, 5) is 2.47. The molecule has 0 saturated carbocycles. The molecule has 1 aliphatic heterocycles. The van der Waals surface area contributed by atoms with Gasteiger partial charge >= 0.3 is 0 Å². The van der Waals surface area contributed by atoms with Crippen LogP contribution in [0.25, 0.3) is 0 Å². The molecule has 1 aromatic rings. The maximum absolute atomic E-state index is 6.15. The molecule has 2 nitrogen and oxygen atoms in total. The van der Waals surface area contributed by atoms with Gasteiger partial charge in [0.05, 0.1) is 0 Å². The highest BCUT2D eigenvalue weighted by atomic mass is 15.1. The van der Waals surface area contributed by atoms with Gasteiger partial charge in [0.1, 0.15) is 0 Å². The Morgan fingerprint density at radius 1 is 1.24 bits per heavy atom. The summed E-state index contributed by atoms with van der Waals surface area (Å²) in [6.45, 7) is 9.90. The molecule has 0 aromatic heterocycles. The average molecular weight is 232 g/mol. The van der Waals surface area contributed by atoms with Crippen molar-refractivity contribution >= 4 is 0 Å². The SMILES string of the molecule is CCN1CC(N)CC(c2ccc(C)c(C)c2)C1. The molecule has 1 aromatic carbocycles. The van der Waals surface area contributed by atoms with Crippen molar-refractivity contribution in [2.75, 3.05) is 19.6 Å². The number of hydrogen-bond donors (Lipinski definition) is 1. The van der Waals surface area contributed by atoms with Crippen LogP contribution in [-0.2, 0) is 0 Å². The van der Waals surface area contributed by atoms with Crippen molar-refractivity contribution in [3.8, 4) is 0 Å². The van der Waals surface area contributed by atoms with E-state index >= 15 is 0 Å². The van der Waals surface area contributed by atoms with Crippen LogP contribution in [0.15, 0.2) is 18.2 Å². The van der Waals surface area contributed by atoms with Gasteiger partial charge in [-0.25, -0.2) is 0 Å². The number of piperidine rings is 1. The summed E-state index contributed by atoms with van der Waals surface area (Å²) in [5.41, 5.74) is 10.4. The van der Waals surface area contributed by atoms with Gasteiger partial charge in [0.25, 0.3) is 0 Å². The molecule has 0 radical (unpaired) electrons. The predicted octanol–water partition coefficient (Wildman–Crippen LogP) is 2.44. The van der Waals surface area contributed by atoms with Crippen molar-refractivity contribution in [3.63, 3.8) is 0 Å². The third kappa shape index (κ3) is 2.88. The number of hydrogen-bond acceptors (Lipinski definition) is 2. The van der Waals surface area contributed by atoms with Crippen LogP contribution in [0.4, 0.5) is 0 Å². The van der Waals surface area contributed by atoms with Gasteiger partial charge in [0.2, 0.25) is 0 Å². The van der Waals surface area contributed by atoms with Gasteiger partial charge in [0, 0.05) is 19.1 Å². The number of nitrogens with zero attached hydrogens (tertiary/aromatic N) is 1. The second kappa shape index (κ2) is 5.19. The van der Waals surface area contributed by atoms with E-state index < -0.39 is 0 Å². The summed E-state index contributed by atoms with van der Waals surface area (Å²) < 4.78 is 0. The van der Waals surface area contributed by atoms with Crippen molar-refractivity contribution in [2.45, 2.75) is 39.2 Å². The van der Waals surface area contributed by atoms with Crippen LogP contribution < -0.4 is 5.73 Å². The fourth-order valence-corrected chi connectivity index (χ4v) is 2.75. The van der Waals surface area contributed by atoms with Crippen LogP contribution >= 0.6 is 0 Å². The van der Waals surface area contributed by atoms with Crippen molar-refractivity contribution in [3.05, 3.63) is 34.9 Å². The standard InChI is InChI=1S/C15H24N2/c1-4-17-9-14(8-15(16)10-17)13-6-5-11(2)12(3)7-13/h5-7,14-15H,4,8-10,16H2,1-3H3. The molecular weight excluding hydrogens is 208 g/mol. The minimum atomic E-state index is 0.329.